The van der Waals surface area contributed by atoms with E-state index in [9.17, 15) is 9.59 Å². The molecule has 1 aromatic carbocycles. The molecule has 0 radical (unpaired) electrons. The Bertz CT molecular complexity index is 1000. The summed E-state index contributed by atoms with van der Waals surface area (Å²) in [5, 5.41) is 20.9. The fourth-order valence-corrected chi connectivity index (χ4v) is 5.36. The number of nitriles is 1. The van der Waals surface area contributed by atoms with Crippen LogP contribution in [0.4, 0.5) is 0 Å². The third-order valence-corrected chi connectivity index (χ3v) is 7.22. The van der Waals surface area contributed by atoms with Gasteiger partial charge in [-0.1, -0.05) is 31.4 Å². The summed E-state index contributed by atoms with van der Waals surface area (Å²) >= 11 is 1.66. The van der Waals surface area contributed by atoms with E-state index in [1.54, 1.807) is 23.5 Å². The van der Waals surface area contributed by atoms with Crippen LogP contribution in [-0.4, -0.2) is 60.0 Å². The van der Waals surface area contributed by atoms with Gasteiger partial charge >= 0.3 is 0 Å². The second kappa shape index (κ2) is 10.9. The summed E-state index contributed by atoms with van der Waals surface area (Å²) in [5.41, 5.74) is 1.44. The lowest BCUT2D eigenvalue weighted by Gasteiger charge is -2.36. The monoisotopic (exact) mass is 466 g/mol. The molecule has 0 atom stereocenters. The Labute approximate surface area is 198 Å². The molecule has 1 aromatic heterocycles. The summed E-state index contributed by atoms with van der Waals surface area (Å²) in [6.07, 6.45) is 3.96. The van der Waals surface area contributed by atoms with Crippen molar-refractivity contribution < 1.29 is 9.59 Å². The van der Waals surface area contributed by atoms with Crippen molar-refractivity contribution in [3.05, 3.63) is 40.2 Å². The molecule has 4 rings (SSSR count). The highest BCUT2D eigenvalue weighted by molar-refractivity contribution is 7.09. The Kier molecular flexibility index (Phi) is 7.70. The van der Waals surface area contributed by atoms with Gasteiger partial charge in [-0.15, -0.1) is 11.3 Å². The second-order valence-electron chi connectivity index (χ2n) is 8.67. The molecule has 2 aromatic rings. The first-order valence-electron chi connectivity index (χ1n) is 11.6. The number of carbonyl (C=O) groups excluding carboxylic acids is 2. The molecule has 0 bridgehead atoms. The maximum atomic E-state index is 13.0. The molecule has 2 heterocycles. The lowest BCUT2D eigenvalue weighted by molar-refractivity contribution is -0.128. The minimum Gasteiger partial charge on any atom is -0.341 e. The highest BCUT2D eigenvalue weighted by atomic mass is 32.1. The van der Waals surface area contributed by atoms with Crippen molar-refractivity contribution >= 4 is 23.2 Å². The minimum absolute atomic E-state index is 0.0601. The van der Waals surface area contributed by atoms with Crippen LogP contribution in [0.15, 0.2) is 29.6 Å². The Morgan fingerprint density at radius 1 is 1.15 bits per heavy atom. The van der Waals surface area contributed by atoms with Crippen LogP contribution in [-0.2, 0) is 11.3 Å². The lowest BCUT2D eigenvalue weighted by atomic mass is 9.80. The lowest BCUT2D eigenvalue weighted by Crippen LogP contribution is -2.59. The first-order valence-corrected chi connectivity index (χ1v) is 12.4. The molecule has 1 saturated carbocycles. The predicted molar refractivity (Wildman–Crippen MR) is 128 cm³/mol. The van der Waals surface area contributed by atoms with Crippen LogP contribution in [0.25, 0.3) is 11.3 Å². The van der Waals surface area contributed by atoms with Crippen LogP contribution in [0.5, 0.6) is 0 Å². The molecular weight excluding hydrogens is 436 g/mol. The van der Waals surface area contributed by atoms with Crippen molar-refractivity contribution in [1.82, 2.24) is 25.8 Å². The minimum atomic E-state index is -0.946. The van der Waals surface area contributed by atoms with Gasteiger partial charge in [0.2, 0.25) is 5.91 Å². The highest BCUT2D eigenvalue weighted by Crippen LogP contribution is 2.29. The Balaban J connectivity index is 1.41. The van der Waals surface area contributed by atoms with E-state index < -0.39 is 5.54 Å². The largest absolute Gasteiger partial charge is 0.341 e. The zero-order valence-electron chi connectivity index (χ0n) is 18.7. The highest BCUT2D eigenvalue weighted by Gasteiger charge is 2.40. The molecule has 2 fully saturated rings. The fraction of sp³-hybridized carbons (Fsp3) is 0.500. The molecular formula is C24H30N6O2S. The summed E-state index contributed by atoms with van der Waals surface area (Å²) in [4.78, 5) is 32.9. The van der Waals surface area contributed by atoms with Crippen molar-refractivity contribution in [3.63, 3.8) is 0 Å². The van der Waals surface area contributed by atoms with Crippen molar-refractivity contribution in [2.45, 2.75) is 44.2 Å². The van der Waals surface area contributed by atoms with Crippen molar-refractivity contribution in [1.29, 1.82) is 5.26 Å². The van der Waals surface area contributed by atoms with Gasteiger partial charge in [0.05, 0.1) is 18.3 Å². The van der Waals surface area contributed by atoms with E-state index in [2.05, 4.69) is 26.2 Å². The molecule has 3 N–H and O–H groups in total. The first kappa shape index (κ1) is 23.4. The molecule has 2 aliphatic rings. The van der Waals surface area contributed by atoms with Gasteiger partial charge in [-0.25, -0.2) is 4.98 Å². The number of amides is 2. The van der Waals surface area contributed by atoms with Gasteiger partial charge < -0.3 is 16.0 Å². The average Bonchev–Trinajstić information content (AvgIpc) is 3.32. The van der Waals surface area contributed by atoms with Crippen LogP contribution in [0, 0.1) is 11.3 Å². The zero-order chi connectivity index (χ0) is 23.1. The van der Waals surface area contributed by atoms with Crippen LogP contribution < -0.4 is 16.0 Å². The molecule has 33 heavy (non-hydrogen) atoms. The molecule has 8 nitrogen and oxygen atoms in total. The fourth-order valence-electron chi connectivity index (χ4n) is 4.51. The van der Waals surface area contributed by atoms with Crippen molar-refractivity contribution in [2.75, 3.05) is 32.7 Å². The Morgan fingerprint density at radius 2 is 1.88 bits per heavy atom. The number of aromatic nitrogens is 1. The number of rotatable bonds is 7. The number of piperazine rings is 1. The summed E-state index contributed by atoms with van der Waals surface area (Å²) in [5.74, 6) is -0.540. The topological polar surface area (TPSA) is 110 Å². The van der Waals surface area contributed by atoms with Gasteiger partial charge in [0.1, 0.15) is 17.1 Å². The van der Waals surface area contributed by atoms with E-state index in [0.717, 1.165) is 68.3 Å². The SMILES string of the molecule is N#CCNC(=O)C1(NC(=O)c2ccc(-c3csc(CN4CCNCC4)n3)cc2)CCCCC1. The van der Waals surface area contributed by atoms with Gasteiger partial charge in [0, 0.05) is 42.7 Å². The Morgan fingerprint density at radius 3 is 2.58 bits per heavy atom. The average molecular weight is 467 g/mol. The van der Waals surface area contributed by atoms with Crippen LogP contribution in [0.2, 0.25) is 0 Å². The van der Waals surface area contributed by atoms with E-state index in [4.69, 9.17) is 10.2 Å². The number of hydrogen-bond acceptors (Lipinski definition) is 7. The molecule has 174 valence electrons. The number of hydrogen-bond donors (Lipinski definition) is 3. The predicted octanol–water partition coefficient (Wildman–Crippen LogP) is 2.29. The van der Waals surface area contributed by atoms with E-state index in [0.29, 0.717) is 18.4 Å². The van der Waals surface area contributed by atoms with Gasteiger partial charge in [-0.05, 0) is 25.0 Å². The number of benzene rings is 1. The molecule has 2 amide bonds. The third-order valence-electron chi connectivity index (χ3n) is 6.39. The number of thiazole rings is 1. The van der Waals surface area contributed by atoms with Gasteiger partial charge in [0.15, 0.2) is 0 Å². The van der Waals surface area contributed by atoms with E-state index in [-0.39, 0.29) is 18.4 Å². The zero-order valence-corrected chi connectivity index (χ0v) is 19.5. The summed E-state index contributed by atoms with van der Waals surface area (Å²) in [6, 6.07) is 9.30. The van der Waals surface area contributed by atoms with Crippen molar-refractivity contribution in [3.8, 4) is 17.3 Å². The molecule has 1 aliphatic carbocycles. The van der Waals surface area contributed by atoms with Gasteiger partial charge in [-0.2, -0.15) is 5.26 Å². The number of nitrogens with zero attached hydrogens (tertiary/aromatic N) is 3. The van der Waals surface area contributed by atoms with E-state index >= 15 is 0 Å². The maximum absolute atomic E-state index is 13.0. The second-order valence-corrected chi connectivity index (χ2v) is 9.61. The summed E-state index contributed by atoms with van der Waals surface area (Å²) in [6.45, 7) is 4.91. The van der Waals surface area contributed by atoms with Crippen molar-refractivity contribution in [2.24, 2.45) is 0 Å². The standard InChI is InChI=1S/C24H30N6O2S/c25-10-11-27-23(32)24(8-2-1-3-9-24)29-22(31)19-6-4-18(5-7-19)20-17-33-21(28-20)16-30-14-12-26-13-15-30/h4-7,17,26H,1-3,8-9,11-16H2,(H,27,32)(H,29,31). The normalized spacial score (nSPS) is 18.3. The van der Waals surface area contributed by atoms with Crippen LogP contribution in [0.3, 0.4) is 0 Å². The van der Waals surface area contributed by atoms with E-state index in [1.807, 2.05) is 18.2 Å². The molecule has 9 heteroatoms. The van der Waals surface area contributed by atoms with Crippen LogP contribution in [0.1, 0.15) is 47.5 Å². The first-order chi connectivity index (χ1) is 16.1. The molecule has 0 unspecified atom stereocenters. The van der Waals surface area contributed by atoms with Gasteiger partial charge in [-0.3, -0.25) is 14.5 Å². The molecule has 1 aliphatic heterocycles. The summed E-state index contributed by atoms with van der Waals surface area (Å²) < 4.78 is 0. The van der Waals surface area contributed by atoms with Crippen LogP contribution >= 0.6 is 11.3 Å². The number of carbonyl (C=O) groups is 2. The Hall–Kier alpha value is -2.80. The maximum Gasteiger partial charge on any atom is 0.252 e. The quantitative estimate of drug-likeness (QED) is 0.540. The third kappa shape index (κ3) is 5.77. The molecule has 1 saturated heterocycles. The smallest absolute Gasteiger partial charge is 0.252 e. The summed E-state index contributed by atoms with van der Waals surface area (Å²) in [7, 11) is 0. The van der Waals surface area contributed by atoms with Gasteiger partial charge in [0.25, 0.3) is 5.91 Å². The number of nitrogens with one attached hydrogen (secondary N) is 3. The van der Waals surface area contributed by atoms with E-state index in [1.165, 1.54) is 0 Å². The molecule has 0 spiro atoms.